The SMILES string of the molecule is C=CN(CCNC(C)=O)C(C)=O. The Morgan fingerprint density at radius 2 is 2.08 bits per heavy atom. The average molecular weight is 170 g/mol. The standard InChI is InChI=1S/C8H14N2O2/c1-4-10(8(3)12)6-5-9-7(2)11/h4H,1,5-6H2,2-3H3,(H,9,11). The average Bonchev–Trinajstić information content (AvgIpc) is 1.96. The van der Waals surface area contributed by atoms with Crippen molar-refractivity contribution in [3.63, 3.8) is 0 Å². The molecule has 68 valence electrons. The van der Waals surface area contributed by atoms with Crippen LogP contribution in [-0.2, 0) is 9.59 Å². The summed E-state index contributed by atoms with van der Waals surface area (Å²) in [5.74, 6) is -0.169. The molecule has 2 amide bonds. The van der Waals surface area contributed by atoms with Crippen LogP contribution in [0.15, 0.2) is 12.8 Å². The molecule has 4 nitrogen and oxygen atoms in total. The largest absolute Gasteiger partial charge is 0.355 e. The lowest BCUT2D eigenvalue weighted by molar-refractivity contribution is -0.126. The van der Waals surface area contributed by atoms with Crippen LogP contribution in [0.4, 0.5) is 0 Å². The van der Waals surface area contributed by atoms with E-state index in [4.69, 9.17) is 0 Å². The first-order chi connectivity index (χ1) is 5.57. The Balaban J connectivity index is 3.66. The van der Waals surface area contributed by atoms with Gasteiger partial charge in [0.15, 0.2) is 0 Å². The summed E-state index contributed by atoms with van der Waals surface area (Å²) in [6, 6.07) is 0. The number of carbonyl (C=O) groups excluding carboxylic acids is 2. The second-order valence-corrected chi connectivity index (χ2v) is 2.38. The van der Waals surface area contributed by atoms with Crippen molar-refractivity contribution >= 4 is 11.8 Å². The van der Waals surface area contributed by atoms with E-state index >= 15 is 0 Å². The maximum absolute atomic E-state index is 10.8. The maximum atomic E-state index is 10.8. The summed E-state index contributed by atoms with van der Waals surface area (Å²) < 4.78 is 0. The van der Waals surface area contributed by atoms with Gasteiger partial charge in [0.05, 0.1) is 0 Å². The van der Waals surface area contributed by atoms with Gasteiger partial charge < -0.3 is 10.2 Å². The molecule has 0 fully saturated rings. The fourth-order valence-electron chi connectivity index (χ4n) is 0.730. The molecule has 0 unspecified atom stereocenters. The number of hydrogen-bond donors (Lipinski definition) is 1. The van der Waals surface area contributed by atoms with Gasteiger partial charge in [-0.25, -0.2) is 0 Å². The summed E-state index contributed by atoms with van der Waals surface area (Å²) in [4.78, 5) is 22.7. The maximum Gasteiger partial charge on any atom is 0.223 e. The summed E-state index contributed by atoms with van der Waals surface area (Å²) in [6.45, 7) is 7.29. The molecule has 0 spiro atoms. The quantitative estimate of drug-likeness (QED) is 0.651. The van der Waals surface area contributed by atoms with Crippen LogP contribution in [0.3, 0.4) is 0 Å². The van der Waals surface area contributed by atoms with Gasteiger partial charge in [-0.2, -0.15) is 0 Å². The van der Waals surface area contributed by atoms with Crippen molar-refractivity contribution < 1.29 is 9.59 Å². The van der Waals surface area contributed by atoms with Gasteiger partial charge in [0.25, 0.3) is 0 Å². The van der Waals surface area contributed by atoms with E-state index < -0.39 is 0 Å². The van der Waals surface area contributed by atoms with Crippen molar-refractivity contribution in [2.24, 2.45) is 0 Å². The highest BCUT2D eigenvalue weighted by molar-refractivity contribution is 5.74. The molecule has 0 radical (unpaired) electrons. The summed E-state index contributed by atoms with van der Waals surface area (Å²) in [5, 5.41) is 2.58. The molecule has 0 saturated carbocycles. The van der Waals surface area contributed by atoms with Crippen LogP contribution in [0.5, 0.6) is 0 Å². The topological polar surface area (TPSA) is 49.4 Å². The van der Waals surface area contributed by atoms with Crippen LogP contribution in [0.2, 0.25) is 0 Å². The van der Waals surface area contributed by atoms with E-state index in [1.54, 1.807) is 0 Å². The van der Waals surface area contributed by atoms with E-state index in [1.165, 1.54) is 24.9 Å². The lowest BCUT2D eigenvalue weighted by Gasteiger charge is -2.15. The fourth-order valence-corrected chi connectivity index (χ4v) is 0.730. The number of carbonyl (C=O) groups is 2. The summed E-state index contributed by atoms with van der Waals surface area (Å²) in [6.07, 6.45) is 1.45. The first kappa shape index (κ1) is 10.7. The molecule has 0 aliphatic heterocycles. The van der Waals surface area contributed by atoms with Crippen LogP contribution < -0.4 is 5.32 Å². The molecular weight excluding hydrogens is 156 g/mol. The van der Waals surface area contributed by atoms with Crippen LogP contribution in [0.1, 0.15) is 13.8 Å². The van der Waals surface area contributed by atoms with E-state index in [2.05, 4.69) is 11.9 Å². The number of rotatable bonds is 4. The van der Waals surface area contributed by atoms with E-state index in [0.29, 0.717) is 13.1 Å². The van der Waals surface area contributed by atoms with Gasteiger partial charge in [-0.05, 0) is 6.20 Å². The molecule has 0 aromatic heterocycles. The first-order valence-corrected chi connectivity index (χ1v) is 3.72. The van der Waals surface area contributed by atoms with Gasteiger partial charge in [-0.15, -0.1) is 0 Å². The third kappa shape index (κ3) is 4.49. The van der Waals surface area contributed by atoms with Gasteiger partial charge >= 0.3 is 0 Å². The number of nitrogens with zero attached hydrogens (tertiary/aromatic N) is 1. The van der Waals surface area contributed by atoms with Gasteiger partial charge in [-0.1, -0.05) is 6.58 Å². The van der Waals surface area contributed by atoms with E-state index in [-0.39, 0.29) is 11.8 Å². The van der Waals surface area contributed by atoms with Gasteiger partial charge in [0, 0.05) is 26.9 Å². The first-order valence-electron chi connectivity index (χ1n) is 3.72. The number of amides is 2. The Hall–Kier alpha value is -1.32. The molecular formula is C8H14N2O2. The molecule has 0 aliphatic rings. The molecule has 0 saturated heterocycles. The molecule has 0 atom stereocenters. The van der Waals surface area contributed by atoms with Crippen LogP contribution in [0.25, 0.3) is 0 Å². The summed E-state index contributed by atoms with van der Waals surface area (Å²) >= 11 is 0. The van der Waals surface area contributed by atoms with Crippen molar-refractivity contribution in [2.75, 3.05) is 13.1 Å². The Morgan fingerprint density at radius 1 is 1.50 bits per heavy atom. The number of hydrogen-bond acceptors (Lipinski definition) is 2. The highest BCUT2D eigenvalue weighted by atomic mass is 16.2. The minimum Gasteiger partial charge on any atom is -0.355 e. The summed E-state index contributed by atoms with van der Waals surface area (Å²) in [7, 11) is 0. The second kappa shape index (κ2) is 5.35. The van der Waals surface area contributed by atoms with Crippen molar-refractivity contribution in [1.82, 2.24) is 10.2 Å². The highest BCUT2D eigenvalue weighted by Gasteiger charge is 2.02. The minimum absolute atomic E-state index is 0.0737. The third-order valence-corrected chi connectivity index (χ3v) is 1.35. The molecule has 0 rings (SSSR count). The predicted octanol–water partition coefficient (Wildman–Crippen LogP) is 0.114. The third-order valence-electron chi connectivity index (χ3n) is 1.35. The lowest BCUT2D eigenvalue weighted by atomic mass is 10.5. The molecule has 12 heavy (non-hydrogen) atoms. The molecule has 0 heterocycles. The van der Waals surface area contributed by atoms with Crippen LogP contribution in [-0.4, -0.2) is 29.8 Å². The van der Waals surface area contributed by atoms with Gasteiger partial charge in [0.2, 0.25) is 11.8 Å². The normalized spacial score (nSPS) is 8.83. The van der Waals surface area contributed by atoms with E-state index in [0.717, 1.165) is 0 Å². The smallest absolute Gasteiger partial charge is 0.223 e. The zero-order valence-corrected chi connectivity index (χ0v) is 7.46. The van der Waals surface area contributed by atoms with Crippen LogP contribution >= 0.6 is 0 Å². The Kier molecular flexibility index (Phi) is 4.76. The van der Waals surface area contributed by atoms with Crippen molar-refractivity contribution in [2.45, 2.75) is 13.8 Å². The molecule has 0 aromatic rings. The zero-order valence-electron chi connectivity index (χ0n) is 7.46. The lowest BCUT2D eigenvalue weighted by Crippen LogP contribution is -2.33. The van der Waals surface area contributed by atoms with Crippen molar-refractivity contribution in [1.29, 1.82) is 0 Å². The molecule has 0 aliphatic carbocycles. The highest BCUT2D eigenvalue weighted by Crippen LogP contribution is 1.87. The van der Waals surface area contributed by atoms with Gasteiger partial charge in [-0.3, -0.25) is 9.59 Å². The van der Waals surface area contributed by atoms with E-state index in [1.807, 2.05) is 0 Å². The Morgan fingerprint density at radius 3 is 2.42 bits per heavy atom. The van der Waals surface area contributed by atoms with Crippen molar-refractivity contribution in [3.05, 3.63) is 12.8 Å². The second-order valence-electron chi connectivity index (χ2n) is 2.38. The molecule has 0 aromatic carbocycles. The molecule has 4 heteroatoms. The number of nitrogens with one attached hydrogen (secondary N) is 1. The monoisotopic (exact) mass is 170 g/mol. The minimum atomic E-state index is -0.0948. The van der Waals surface area contributed by atoms with Gasteiger partial charge in [0.1, 0.15) is 0 Å². The van der Waals surface area contributed by atoms with E-state index in [9.17, 15) is 9.59 Å². The Labute approximate surface area is 72.2 Å². The molecule has 0 bridgehead atoms. The summed E-state index contributed by atoms with van der Waals surface area (Å²) in [5.41, 5.74) is 0. The molecule has 1 N–H and O–H groups in total. The predicted molar refractivity (Wildman–Crippen MR) is 46.3 cm³/mol. The Bertz CT molecular complexity index is 189. The van der Waals surface area contributed by atoms with Crippen molar-refractivity contribution in [3.8, 4) is 0 Å². The fraction of sp³-hybridized carbons (Fsp3) is 0.500. The van der Waals surface area contributed by atoms with Crippen LogP contribution in [0, 0.1) is 0 Å². The zero-order chi connectivity index (χ0) is 9.56.